The zero-order chi connectivity index (χ0) is 28.0. The molecule has 0 N–H and O–H groups in total. The zero-order valence-electron chi connectivity index (χ0n) is 26.1. The molecule has 0 aromatic heterocycles. The van der Waals surface area contributed by atoms with Crippen LogP contribution < -0.4 is 0 Å². The normalized spacial score (nSPS) is 40.4. The van der Waals surface area contributed by atoms with Gasteiger partial charge in [0.15, 0.2) is 0 Å². The lowest BCUT2D eigenvalue weighted by Gasteiger charge is -2.50. The molecule has 39 heavy (non-hydrogen) atoms. The van der Waals surface area contributed by atoms with Gasteiger partial charge in [-0.2, -0.15) is 0 Å². The van der Waals surface area contributed by atoms with E-state index < -0.39 is 0 Å². The van der Waals surface area contributed by atoms with Crippen molar-refractivity contribution >= 4 is 5.78 Å². The van der Waals surface area contributed by atoms with Gasteiger partial charge in [-0.25, -0.2) is 0 Å². The molecular formula is C34H60O5. The molecule has 6 atom stereocenters. The fourth-order valence-electron chi connectivity index (χ4n) is 9.03. The van der Waals surface area contributed by atoms with E-state index in [1.165, 1.54) is 38.5 Å². The molecule has 4 saturated carbocycles. The summed E-state index contributed by atoms with van der Waals surface area (Å²) in [5.74, 6) is 4.35. The first-order valence-corrected chi connectivity index (χ1v) is 16.5. The Morgan fingerprint density at radius 2 is 1.15 bits per heavy atom. The predicted molar refractivity (Wildman–Crippen MR) is 157 cm³/mol. The minimum Gasteiger partial charge on any atom is -0.384 e. The van der Waals surface area contributed by atoms with Crippen LogP contribution in [0.2, 0.25) is 0 Å². The van der Waals surface area contributed by atoms with Gasteiger partial charge in [-0.3, -0.25) is 4.79 Å². The van der Waals surface area contributed by atoms with Gasteiger partial charge in [0.1, 0.15) is 5.78 Å². The SMILES string of the molecule is COCC1CC(C(C)(C)C2CCC(OC3CCC(C(=O)C4CCC(C)CC4)CC3)C(COC)C2)CCC1OC. The summed E-state index contributed by atoms with van der Waals surface area (Å²) in [6.07, 6.45) is 17.0. The third-order valence-electron chi connectivity index (χ3n) is 11.9. The molecule has 0 heterocycles. The monoisotopic (exact) mass is 548 g/mol. The summed E-state index contributed by atoms with van der Waals surface area (Å²) in [7, 11) is 5.52. The molecule has 0 spiro atoms. The Bertz CT molecular complexity index is 736. The number of hydrogen-bond acceptors (Lipinski definition) is 5. The fourth-order valence-corrected chi connectivity index (χ4v) is 9.03. The van der Waals surface area contributed by atoms with Gasteiger partial charge < -0.3 is 18.9 Å². The van der Waals surface area contributed by atoms with Crippen molar-refractivity contribution in [1.82, 2.24) is 0 Å². The lowest BCUT2D eigenvalue weighted by molar-refractivity contribution is -0.133. The molecule has 4 rings (SSSR count). The highest BCUT2D eigenvalue weighted by atomic mass is 16.5. The van der Waals surface area contributed by atoms with Crippen LogP contribution in [-0.2, 0) is 23.7 Å². The van der Waals surface area contributed by atoms with Crippen LogP contribution >= 0.6 is 0 Å². The van der Waals surface area contributed by atoms with Crippen molar-refractivity contribution in [2.45, 2.75) is 129 Å². The Labute approximate surface area is 239 Å². The number of rotatable bonds is 11. The van der Waals surface area contributed by atoms with Crippen molar-refractivity contribution in [2.75, 3.05) is 34.5 Å². The number of ether oxygens (including phenoxy) is 4. The largest absolute Gasteiger partial charge is 0.384 e. The van der Waals surface area contributed by atoms with Gasteiger partial charge in [0, 0.05) is 45.0 Å². The van der Waals surface area contributed by atoms with Crippen molar-refractivity contribution in [2.24, 2.45) is 46.8 Å². The number of carbonyl (C=O) groups excluding carboxylic acids is 1. The molecule has 4 fully saturated rings. The molecule has 0 amide bonds. The van der Waals surface area contributed by atoms with Gasteiger partial charge in [-0.1, -0.05) is 33.6 Å². The number of Topliss-reactive ketones (excluding diaryl/α,β-unsaturated/α-hetero) is 1. The van der Waals surface area contributed by atoms with Crippen molar-refractivity contribution in [3.05, 3.63) is 0 Å². The Hall–Kier alpha value is -0.490. The molecule has 0 aliphatic heterocycles. The smallest absolute Gasteiger partial charge is 0.139 e. The molecule has 6 unspecified atom stereocenters. The summed E-state index contributed by atoms with van der Waals surface area (Å²) in [6.45, 7) is 8.96. The summed E-state index contributed by atoms with van der Waals surface area (Å²) in [6, 6.07) is 0. The zero-order valence-corrected chi connectivity index (χ0v) is 26.1. The average Bonchev–Trinajstić information content (AvgIpc) is 2.94. The first-order valence-electron chi connectivity index (χ1n) is 16.5. The van der Waals surface area contributed by atoms with Gasteiger partial charge >= 0.3 is 0 Å². The molecule has 0 bridgehead atoms. The number of hydrogen-bond donors (Lipinski definition) is 0. The summed E-state index contributed by atoms with van der Waals surface area (Å²) in [4.78, 5) is 13.2. The van der Waals surface area contributed by atoms with Crippen LogP contribution in [0.3, 0.4) is 0 Å². The van der Waals surface area contributed by atoms with E-state index in [2.05, 4.69) is 20.8 Å². The highest BCUT2D eigenvalue weighted by Gasteiger charge is 2.46. The third kappa shape index (κ3) is 7.87. The minimum atomic E-state index is 0.282. The van der Waals surface area contributed by atoms with Crippen molar-refractivity contribution in [1.29, 1.82) is 0 Å². The van der Waals surface area contributed by atoms with Gasteiger partial charge in [0.2, 0.25) is 0 Å². The van der Waals surface area contributed by atoms with Crippen LogP contribution in [-0.4, -0.2) is 58.6 Å². The molecule has 0 saturated heterocycles. The van der Waals surface area contributed by atoms with Crippen LogP contribution in [0.1, 0.15) is 111 Å². The Kier molecular flexibility index (Phi) is 11.8. The molecule has 4 aliphatic carbocycles. The minimum absolute atomic E-state index is 0.282. The van der Waals surface area contributed by atoms with E-state index in [1.807, 2.05) is 21.3 Å². The lowest BCUT2D eigenvalue weighted by atomic mass is 9.58. The van der Waals surface area contributed by atoms with Gasteiger partial charge in [-0.05, 0) is 100 Å². The van der Waals surface area contributed by atoms with E-state index in [9.17, 15) is 4.79 Å². The summed E-state index contributed by atoms with van der Waals surface area (Å²) < 4.78 is 24.0. The van der Waals surface area contributed by atoms with E-state index in [1.54, 1.807) is 0 Å². The highest BCUT2D eigenvalue weighted by molar-refractivity contribution is 5.83. The predicted octanol–water partition coefficient (Wildman–Crippen LogP) is 7.49. The number of methoxy groups -OCH3 is 3. The van der Waals surface area contributed by atoms with E-state index in [0.717, 1.165) is 70.5 Å². The van der Waals surface area contributed by atoms with E-state index in [-0.39, 0.29) is 11.3 Å². The second-order valence-corrected chi connectivity index (χ2v) is 14.6. The van der Waals surface area contributed by atoms with E-state index in [0.29, 0.717) is 53.7 Å². The Morgan fingerprint density at radius 3 is 1.67 bits per heavy atom. The van der Waals surface area contributed by atoms with Crippen molar-refractivity contribution in [3.8, 4) is 0 Å². The summed E-state index contributed by atoms with van der Waals surface area (Å²) >= 11 is 0. The maximum absolute atomic E-state index is 13.2. The average molecular weight is 549 g/mol. The maximum Gasteiger partial charge on any atom is 0.139 e. The van der Waals surface area contributed by atoms with Crippen LogP contribution in [0.15, 0.2) is 0 Å². The molecule has 5 nitrogen and oxygen atoms in total. The molecule has 0 radical (unpaired) electrons. The van der Waals surface area contributed by atoms with Gasteiger partial charge in [0.25, 0.3) is 0 Å². The second kappa shape index (κ2) is 14.6. The highest BCUT2D eigenvalue weighted by Crippen LogP contribution is 2.51. The first-order chi connectivity index (χ1) is 18.8. The topological polar surface area (TPSA) is 54.0 Å². The third-order valence-corrected chi connectivity index (χ3v) is 11.9. The lowest BCUT2D eigenvalue weighted by Crippen LogP contribution is -2.46. The molecule has 0 aromatic rings. The van der Waals surface area contributed by atoms with Gasteiger partial charge in [-0.15, -0.1) is 0 Å². The van der Waals surface area contributed by atoms with Crippen LogP contribution in [0.25, 0.3) is 0 Å². The quantitative estimate of drug-likeness (QED) is 0.268. The molecule has 4 aliphatic rings. The van der Waals surface area contributed by atoms with Crippen LogP contribution in [0, 0.1) is 46.8 Å². The Balaban J connectivity index is 1.28. The van der Waals surface area contributed by atoms with E-state index >= 15 is 0 Å². The van der Waals surface area contributed by atoms with E-state index in [4.69, 9.17) is 18.9 Å². The van der Waals surface area contributed by atoms with Gasteiger partial charge in [0.05, 0.1) is 31.5 Å². The van der Waals surface area contributed by atoms with Crippen LogP contribution in [0.5, 0.6) is 0 Å². The first kappa shape index (κ1) is 31.4. The van der Waals surface area contributed by atoms with Crippen LogP contribution in [0.4, 0.5) is 0 Å². The number of carbonyl (C=O) groups is 1. The second-order valence-electron chi connectivity index (χ2n) is 14.6. The van der Waals surface area contributed by atoms with Crippen molar-refractivity contribution in [3.63, 3.8) is 0 Å². The summed E-state index contributed by atoms with van der Waals surface area (Å²) in [5.41, 5.74) is 0.289. The molecule has 226 valence electrons. The molecular weight excluding hydrogens is 488 g/mol. The Morgan fingerprint density at radius 1 is 0.667 bits per heavy atom. The summed E-state index contributed by atoms with van der Waals surface area (Å²) in [5, 5.41) is 0. The van der Waals surface area contributed by atoms with Crippen molar-refractivity contribution < 1.29 is 23.7 Å². The maximum atomic E-state index is 13.2. The molecule has 5 heteroatoms. The number of ketones is 1. The standard InChI is InChI=1S/C34H60O5/c1-23-7-9-24(10-8-23)33(35)25-11-15-30(16-12-25)39-32-18-14-29(20-27(32)22-37-5)34(2,3)28-13-17-31(38-6)26(19-28)21-36-4/h23-32H,7-22H2,1-6H3. The molecule has 0 aromatic carbocycles. The fraction of sp³-hybridized carbons (Fsp3) is 0.971.